The number of likely N-dealkylation sites (N-methyl/N-ethyl adjacent to an activating group) is 1. The molecule has 0 aromatic heterocycles. The van der Waals surface area contributed by atoms with E-state index < -0.39 is 10.0 Å². The normalized spacial score (nSPS) is 12.5. The van der Waals surface area contributed by atoms with E-state index in [4.69, 9.17) is 4.74 Å². The van der Waals surface area contributed by atoms with Gasteiger partial charge in [-0.1, -0.05) is 12.1 Å². The Balaban J connectivity index is 2.89. The van der Waals surface area contributed by atoms with Crippen LogP contribution < -0.4 is 15.4 Å². The highest BCUT2D eigenvalue weighted by Gasteiger charge is 2.17. The number of nitrogens with one attached hydrogen (secondary N) is 3. The average Bonchev–Trinajstić information content (AvgIpc) is 2.63. The first-order valence-electron chi connectivity index (χ1n) is 9.86. The molecule has 0 saturated heterocycles. The topological polar surface area (TPSA) is 112 Å². The van der Waals surface area contributed by atoms with Crippen molar-refractivity contribution in [1.82, 2.24) is 20.3 Å². The number of rotatable bonds is 10. The second-order valence-corrected chi connectivity index (χ2v) is 9.63. The molecular formula is C20H35N5O4S. The second-order valence-electron chi connectivity index (χ2n) is 7.86. The molecule has 0 aliphatic rings. The Morgan fingerprint density at radius 2 is 1.97 bits per heavy atom. The van der Waals surface area contributed by atoms with Crippen molar-refractivity contribution < 1.29 is 17.9 Å². The van der Waals surface area contributed by atoms with Crippen LogP contribution in [-0.4, -0.2) is 71.1 Å². The van der Waals surface area contributed by atoms with E-state index in [9.17, 15) is 13.2 Å². The second kappa shape index (κ2) is 11.9. The predicted octanol–water partition coefficient (Wildman–Crippen LogP) is 0.923. The summed E-state index contributed by atoms with van der Waals surface area (Å²) in [5.74, 6) is 0.457. The minimum atomic E-state index is -3.61. The van der Waals surface area contributed by atoms with Crippen molar-refractivity contribution in [3.63, 3.8) is 0 Å². The van der Waals surface area contributed by atoms with Gasteiger partial charge >= 0.3 is 0 Å². The Labute approximate surface area is 180 Å². The van der Waals surface area contributed by atoms with Gasteiger partial charge in [0.05, 0.1) is 24.6 Å². The summed E-state index contributed by atoms with van der Waals surface area (Å²) in [5, 5.41) is 6.07. The van der Waals surface area contributed by atoms with Gasteiger partial charge in [-0.15, -0.1) is 0 Å². The molecule has 0 spiro atoms. The van der Waals surface area contributed by atoms with E-state index in [1.54, 1.807) is 24.1 Å². The standard InChI is InChI=1S/C20H35N5O4S/c1-7-21-19(25(5)15-18(26)24-20(2,3)4)22-14-16-9-8-10-17(13-16)30(27,28)23-11-12-29-6/h8-10,13,23H,7,11-12,14-15H2,1-6H3,(H,21,22)(H,24,26). The summed E-state index contributed by atoms with van der Waals surface area (Å²) in [5.41, 5.74) is 0.434. The van der Waals surface area contributed by atoms with Gasteiger partial charge in [0.1, 0.15) is 0 Å². The van der Waals surface area contributed by atoms with Gasteiger partial charge in [-0.2, -0.15) is 0 Å². The summed E-state index contributed by atoms with van der Waals surface area (Å²) in [7, 11) is -0.316. The predicted molar refractivity (Wildman–Crippen MR) is 119 cm³/mol. The molecule has 1 aromatic rings. The van der Waals surface area contributed by atoms with E-state index >= 15 is 0 Å². The molecule has 0 radical (unpaired) electrons. The number of amides is 1. The SMILES string of the molecule is CCNC(=NCc1cccc(S(=O)(=O)NCCOC)c1)N(C)CC(=O)NC(C)(C)C. The lowest BCUT2D eigenvalue weighted by Gasteiger charge is -2.25. The van der Waals surface area contributed by atoms with Gasteiger partial charge in [0.2, 0.25) is 15.9 Å². The average molecular weight is 442 g/mol. The first kappa shape index (κ1) is 25.9. The maximum atomic E-state index is 12.4. The van der Waals surface area contributed by atoms with Crippen molar-refractivity contribution in [2.75, 3.05) is 40.4 Å². The first-order chi connectivity index (χ1) is 14.0. The molecule has 1 amide bonds. The third kappa shape index (κ3) is 9.55. The van der Waals surface area contributed by atoms with Crippen LogP contribution in [0, 0.1) is 0 Å². The quantitative estimate of drug-likeness (QED) is 0.283. The fourth-order valence-corrected chi connectivity index (χ4v) is 3.64. The number of hydrogen-bond donors (Lipinski definition) is 3. The van der Waals surface area contributed by atoms with Crippen molar-refractivity contribution in [2.45, 2.75) is 44.7 Å². The largest absolute Gasteiger partial charge is 0.383 e. The lowest BCUT2D eigenvalue weighted by molar-refractivity contribution is -0.122. The van der Waals surface area contributed by atoms with Gasteiger partial charge in [-0.05, 0) is 45.4 Å². The van der Waals surface area contributed by atoms with E-state index in [1.807, 2.05) is 33.8 Å². The van der Waals surface area contributed by atoms with Gasteiger partial charge in [0.15, 0.2) is 5.96 Å². The van der Waals surface area contributed by atoms with Crippen LogP contribution in [0.3, 0.4) is 0 Å². The zero-order valence-corrected chi connectivity index (χ0v) is 19.6. The molecule has 0 aliphatic heterocycles. The number of carbonyl (C=O) groups excluding carboxylic acids is 1. The van der Waals surface area contributed by atoms with E-state index in [2.05, 4.69) is 20.3 Å². The van der Waals surface area contributed by atoms with Crippen LogP contribution in [0.1, 0.15) is 33.3 Å². The number of guanidine groups is 1. The minimum Gasteiger partial charge on any atom is -0.383 e. The first-order valence-corrected chi connectivity index (χ1v) is 11.3. The maximum absolute atomic E-state index is 12.4. The van der Waals surface area contributed by atoms with E-state index in [-0.39, 0.29) is 36.0 Å². The molecular weight excluding hydrogens is 406 g/mol. The van der Waals surface area contributed by atoms with E-state index in [1.165, 1.54) is 13.2 Å². The molecule has 0 unspecified atom stereocenters. The molecule has 0 fully saturated rings. The van der Waals surface area contributed by atoms with Crippen molar-refractivity contribution in [1.29, 1.82) is 0 Å². The van der Waals surface area contributed by atoms with Crippen LogP contribution in [0.2, 0.25) is 0 Å². The third-order valence-corrected chi connectivity index (χ3v) is 5.27. The lowest BCUT2D eigenvalue weighted by Crippen LogP contribution is -2.48. The molecule has 0 saturated carbocycles. The Bertz CT molecular complexity index is 819. The highest BCUT2D eigenvalue weighted by molar-refractivity contribution is 7.89. The summed E-state index contributed by atoms with van der Waals surface area (Å²) < 4.78 is 32.1. The van der Waals surface area contributed by atoms with Crippen molar-refractivity contribution in [3.8, 4) is 0 Å². The van der Waals surface area contributed by atoms with Crippen LogP contribution >= 0.6 is 0 Å². The zero-order chi connectivity index (χ0) is 22.8. The number of aliphatic imine (C=N–C) groups is 1. The monoisotopic (exact) mass is 441 g/mol. The minimum absolute atomic E-state index is 0.106. The van der Waals surface area contributed by atoms with Crippen molar-refractivity contribution in [3.05, 3.63) is 29.8 Å². The third-order valence-electron chi connectivity index (χ3n) is 3.81. The molecule has 30 heavy (non-hydrogen) atoms. The van der Waals surface area contributed by atoms with Crippen LogP contribution in [0.25, 0.3) is 0 Å². The lowest BCUT2D eigenvalue weighted by atomic mass is 10.1. The van der Waals surface area contributed by atoms with Crippen LogP contribution in [-0.2, 0) is 26.1 Å². The molecule has 0 aliphatic carbocycles. The molecule has 10 heteroatoms. The van der Waals surface area contributed by atoms with Crippen LogP contribution in [0.4, 0.5) is 0 Å². The van der Waals surface area contributed by atoms with Crippen LogP contribution in [0.15, 0.2) is 34.2 Å². The fraction of sp³-hybridized carbons (Fsp3) is 0.600. The Hall–Kier alpha value is -2.17. The molecule has 9 nitrogen and oxygen atoms in total. The molecule has 170 valence electrons. The number of methoxy groups -OCH3 is 1. The molecule has 1 rings (SSSR count). The molecule has 1 aromatic carbocycles. The van der Waals surface area contributed by atoms with Gasteiger partial charge in [0, 0.05) is 32.8 Å². The van der Waals surface area contributed by atoms with Gasteiger partial charge in [0.25, 0.3) is 0 Å². The summed E-state index contributed by atoms with van der Waals surface area (Å²) >= 11 is 0. The van der Waals surface area contributed by atoms with Gasteiger partial charge in [-0.25, -0.2) is 18.1 Å². The molecule has 0 atom stereocenters. The number of benzene rings is 1. The molecule has 0 heterocycles. The highest BCUT2D eigenvalue weighted by Crippen LogP contribution is 2.12. The summed E-state index contributed by atoms with van der Waals surface area (Å²) in [6.07, 6.45) is 0. The van der Waals surface area contributed by atoms with Crippen molar-refractivity contribution in [2.24, 2.45) is 4.99 Å². The van der Waals surface area contributed by atoms with Gasteiger partial charge in [-0.3, -0.25) is 4.79 Å². The Morgan fingerprint density at radius 1 is 1.27 bits per heavy atom. The maximum Gasteiger partial charge on any atom is 0.240 e. The summed E-state index contributed by atoms with van der Waals surface area (Å²) in [4.78, 5) is 18.7. The molecule has 3 N–H and O–H groups in total. The molecule has 0 bridgehead atoms. The van der Waals surface area contributed by atoms with Crippen molar-refractivity contribution >= 4 is 21.9 Å². The number of nitrogens with zero attached hydrogens (tertiary/aromatic N) is 2. The number of ether oxygens (including phenoxy) is 1. The zero-order valence-electron chi connectivity index (χ0n) is 18.8. The Kier molecular flexibility index (Phi) is 10.2. The fourth-order valence-electron chi connectivity index (χ4n) is 2.56. The number of hydrogen-bond acceptors (Lipinski definition) is 5. The number of sulfonamides is 1. The van der Waals surface area contributed by atoms with Gasteiger partial charge < -0.3 is 20.3 Å². The van der Waals surface area contributed by atoms with E-state index in [0.717, 1.165) is 5.56 Å². The smallest absolute Gasteiger partial charge is 0.240 e. The summed E-state index contributed by atoms with van der Waals surface area (Å²) in [6, 6.07) is 6.63. The summed E-state index contributed by atoms with van der Waals surface area (Å²) in [6.45, 7) is 9.28. The van der Waals surface area contributed by atoms with Crippen LogP contribution in [0.5, 0.6) is 0 Å². The highest BCUT2D eigenvalue weighted by atomic mass is 32.2. The Morgan fingerprint density at radius 3 is 2.57 bits per heavy atom. The van der Waals surface area contributed by atoms with E-state index in [0.29, 0.717) is 19.1 Å². The number of carbonyl (C=O) groups is 1.